The number of benzene rings is 2. The summed E-state index contributed by atoms with van der Waals surface area (Å²) in [6.07, 6.45) is 4.66. The minimum absolute atomic E-state index is 0.240. The molecule has 1 amide bonds. The second-order valence-corrected chi connectivity index (χ2v) is 10.2. The largest absolute Gasteiger partial charge is 0.495 e. The number of carbonyl (C=O) groups is 1. The summed E-state index contributed by atoms with van der Waals surface area (Å²) in [6, 6.07) is 9.80. The van der Waals surface area contributed by atoms with E-state index in [1.165, 1.54) is 24.3 Å². The highest BCUT2D eigenvalue weighted by atomic mass is 35.5. The summed E-state index contributed by atoms with van der Waals surface area (Å²) in [5, 5.41) is 3.35. The molecule has 1 aliphatic rings. The topological polar surface area (TPSA) is 75.7 Å². The number of ether oxygens (including phenoxy) is 1. The van der Waals surface area contributed by atoms with Gasteiger partial charge in [0.2, 0.25) is 15.9 Å². The van der Waals surface area contributed by atoms with Gasteiger partial charge < -0.3 is 10.1 Å². The summed E-state index contributed by atoms with van der Waals surface area (Å²) in [6.45, 7) is 3.69. The normalized spacial score (nSPS) is 15.1. The predicted molar refractivity (Wildman–Crippen MR) is 124 cm³/mol. The maximum Gasteiger partial charge on any atom is 0.244 e. The highest BCUT2D eigenvalue weighted by molar-refractivity contribution is 7.92. The van der Waals surface area contributed by atoms with Crippen molar-refractivity contribution in [3.63, 3.8) is 0 Å². The van der Waals surface area contributed by atoms with Crippen molar-refractivity contribution in [1.82, 2.24) is 5.32 Å². The summed E-state index contributed by atoms with van der Waals surface area (Å²) in [5.74, 6) is -0.0457. The first-order chi connectivity index (χ1) is 14.7. The molecule has 0 saturated carbocycles. The molecular weight excluding hydrogens is 436 g/mol. The van der Waals surface area contributed by atoms with E-state index in [1.54, 1.807) is 19.1 Å². The average molecular weight is 465 g/mol. The molecule has 0 heterocycles. The molecule has 2 atom stereocenters. The lowest BCUT2D eigenvalue weighted by Gasteiger charge is -2.32. The molecule has 2 aromatic carbocycles. The average Bonchev–Trinajstić information content (AvgIpc) is 3.18. The zero-order chi connectivity index (χ0) is 22.8. The van der Waals surface area contributed by atoms with Gasteiger partial charge in [0.05, 0.1) is 25.1 Å². The van der Waals surface area contributed by atoms with Crippen molar-refractivity contribution >= 4 is 33.2 Å². The van der Waals surface area contributed by atoms with Crippen molar-refractivity contribution in [2.75, 3.05) is 17.7 Å². The Hall–Kier alpha value is -2.25. The van der Waals surface area contributed by atoms with Gasteiger partial charge in [0.15, 0.2) is 0 Å². The molecule has 8 heteroatoms. The van der Waals surface area contributed by atoms with Crippen molar-refractivity contribution in [3.05, 3.63) is 58.1 Å². The number of amides is 1. The lowest BCUT2D eigenvalue weighted by atomic mass is 10.0. The van der Waals surface area contributed by atoms with Crippen LogP contribution < -0.4 is 14.4 Å². The van der Waals surface area contributed by atoms with E-state index in [4.69, 9.17) is 16.3 Å². The maximum absolute atomic E-state index is 13.2. The van der Waals surface area contributed by atoms with Crippen molar-refractivity contribution in [3.8, 4) is 5.75 Å². The third-order valence-electron chi connectivity index (χ3n) is 5.69. The van der Waals surface area contributed by atoms with Crippen LogP contribution in [0.1, 0.15) is 49.4 Å². The SMILES string of the molecule is CC[C@H](C(=O)N[C@H](C)c1ccc2c(c1)CCC2)N(c1cc(Cl)ccc1OC)S(C)(=O)=O. The molecule has 0 bridgehead atoms. The van der Waals surface area contributed by atoms with E-state index in [9.17, 15) is 13.2 Å². The van der Waals surface area contributed by atoms with Crippen LogP contribution in [0.5, 0.6) is 5.75 Å². The maximum atomic E-state index is 13.2. The van der Waals surface area contributed by atoms with E-state index < -0.39 is 16.1 Å². The molecule has 0 radical (unpaired) electrons. The molecule has 1 aliphatic carbocycles. The zero-order valence-corrected chi connectivity index (χ0v) is 19.9. The molecular formula is C23H29ClN2O4S. The van der Waals surface area contributed by atoms with Crippen LogP contribution in [-0.2, 0) is 27.7 Å². The Labute approximate surface area is 189 Å². The molecule has 0 fully saturated rings. The molecule has 3 rings (SSSR count). The smallest absolute Gasteiger partial charge is 0.244 e. The van der Waals surface area contributed by atoms with Gasteiger partial charge >= 0.3 is 0 Å². The number of carbonyl (C=O) groups excluding carboxylic acids is 1. The van der Waals surface area contributed by atoms with Crippen molar-refractivity contribution in [1.29, 1.82) is 0 Å². The predicted octanol–water partition coefficient (Wildman–Crippen LogP) is 4.26. The van der Waals surface area contributed by atoms with Crippen molar-refractivity contribution in [2.45, 2.75) is 51.6 Å². The molecule has 168 valence electrons. The fourth-order valence-corrected chi connectivity index (χ4v) is 5.50. The van der Waals surface area contributed by atoms with Gasteiger partial charge in [-0.2, -0.15) is 0 Å². The van der Waals surface area contributed by atoms with Gasteiger partial charge in [0.25, 0.3) is 0 Å². The van der Waals surface area contributed by atoms with Crippen LogP contribution in [0.4, 0.5) is 5.69 Å². The van der Waals surface area contributed by atoms with Crippen LogP contribution in [0, 0.1) is 0 Å². The summed E-state index contributed by atoms with van der Waals surface area (Å²) in [7, 11) is -2.35. The number of hydrogen-bond acceptors (Lipinski definition) is 4. The van der Waals surface area contributed by atoms with Crippen LogP contribution in [0.3, 0.4) is 0 Å². The minimum Gasteiger partial charge on any atom is -0.495 e. The van der Waals surface area contributed by atoms with Crippen LogP contribution in [0.2, 0.25) is 5.02 Å². The highest BCUT2D eigenvalue weighted by Crippen LogP contribution is 2.35. The first kappa shape index (κ1) is 23.4. The Balaban J connectivity index is 1.90. The van der Waals surface area contributed by atoms with Gasteiger partial charge in [0, 0.05) is 5.02 Å². The lowest BCUT2D eigenvalue weighted by molar-refractivity contribution is -0.122. The first-order valence-electron chi connectivity index (χ1n) is 10.4. The number of fused-ring (bicyclic) bond motifs is 1. The fourth-order valence-electron chi connectivity index (χ4n) is 4.12. The van der Waals surface area contributed by atoms with E-state index in [-0.39, 0.29) is 24.1 Å². The number of aryl methyl sites for hydroxylation is 2. The zero-order valence-electron chi connectivity index (χ0n) is 18.3. The van der Waals surface area contributed by atoms with Crippen molar-refractivity contribution < 1.29 is 17.9 Å². The Bertz CT molecular complexity index is 1070. The molecule has 31 heavy (non-hydrogen) atoms. The highest BCUT2D eigenvalue weighted by Gasteiger charge is 2.34. The molecule has 0 saturated heterocycles. The number of nitrogens with zero attached hydrogens (tertiary/aromatic N) is 1. The number of sulfonamides is 1. The van der Waals surface area contributed by atoms with Crippen LogP contribution in [-0.4, -0.2) is 33.7 Å². The minimum atomic E-state index is -3.80. The molecule has 0 unspecified atom stereocenters. The van der Waals surface area contributed by atoms with E-state index in [0.717, 1.165) is 35.4 Å². The van der Waals surface area contributed by atoms with Gasteiger partial charge in [-0.1, -0.05) is 36.7 Å². The number of halogens is 1. The summed E-state index contributed by atoms with van der Waals surface area (Å²) in [4.78, 5) is 13.2. The molecule has 1 N–H and O–H groups in total. The second-order valence-electron chi connectivity index (χ2n) is 7.91. The fraction of sp³-hybridized carbons (Fsp3) is 0.435. The number of methoxy groups -OCH3 is 1. The van der Waals surface area contributed by atoms with Gasteiger partial charge in [-0.15, -0.1) is 0 Å². The number of hydrogen-bond donors (Lipinski definition) is 1. The summed E-state index contributed by atoms with van der Waals surface area (Å²) >= 11 is 6.13. The molecule has 0 aromatic heterocycles. The monoisotopic (exact) mass is 464 g/mol. The Morgan fingerprint density at radius 1 is 1.19 bits per heavy atom. The molecule has 0 aliphatic heterocycles. The Kier molecular flexibility index (Phi) is 7.17. The molecule has 0 spiro atoms. The first-order valence-corrected chi connectivity index (χ1v) is 12.6. The van der Waals surface area contributed by atoms with E-state index >= 15 is 0 Å². The Morgan fingerprint density at radius 3 is 2.55 bits per heavy atom. The summed E-state index contributed by atoms with van der Waals surface area (Å²) in [5.41, 5.74) is 3.94. The molecule has 2 aromatic rings. The van der Waals surface area contributed by atoms with E-state index in [1.807, 2.05) is 13.0 Å². The second kappa shape index (κ2) is 9.49. The van der Waals surface area contributed by atoms with Gasteiger partial charge in [-0.25, -0.2) is 8.42 Å². The van der Waals surface area contributed by atoms with Gasteiger partial charge in [-0.3, -0.25) is 9.10 Å². The quantitative estimate of drug-likeness (QED) is 0.633. The lowest BCUT2D eigenvalue weighted by Crippen LogP contribution is -2.49. The number of anilines is 1. The standard InChI is InChI=1S/C23H29ClN2O4S/c1-5-20(26(31(4,28)29)21-14-19(24)11-12-22(21)30-3)23(27)25-15(2)17-10-9-16-7-6-8-18(16)13-17/h9-15,20H,5-8H2,1-4H3,(H,25,27)/t15-,20-/m1/s1. The van der Waals surface area contributed by atoms with Gasteiger partial charge in [-0.05, 0) is 67.5 Å². The number of nitrogens with one attached hydrogen (secondary N) is 1. The van der Waals surface area contributed by atoms with Gasteiger partial charge in [0.1, 0.15) is 11.8 Å². The Morgan fingerprint density at radius 2 is 1.90 bits per heavy atom. The van der Waals surface area contributed by atoms with Crippen LogP contribution in [0.25, 0.3) is 0 Å². The molecule has 6 nitrogen and oxygen atoms in total. The van der Waals surface area contributed by atoms with Crippen molar-refractivity contribution in [2.24, 2.45) is 0 Å². The van der Waals surface area contributed by atoms with Crippen LogP contribution >= 0.6 is 11.6 Å². The van der Waals surface area contributed by atoms with Crippen LogP contribution in [0.15, 0.2) is 36.4 Å². The summed E-state index contributed by atoms with van der Waals surface area (Å²) < 4.78 is 31.9. The van der Waals surface area contributed by atoms with E-state index in [0.29, 0.717) is 10.8 Å². The third kappa shape index (κ3) is 5.15. The number of rotatable bonds is 8. The third-order valence-corrected chi connectivity index (χ3v) is 7.09. The van der Waals surface area contributed by atoms with E-state index in [2.05, 4.69) is 17.4 Å².